The van der Waals surface area contributed by atoms with E-state index in [1.165, 1.54) is 21.5 Å². The highest BCUT2D eigenvalue weighted by atomic mass is 32.3. The second-order valence-electron chi connectivity index (χ2n) is 12.4. The van der Waals surface area contributed by atoms with Crippen LogP contribution in [0.1, 0.15) is 0 Å². The molecule has 0 spiro atoms. The number of aromatic nitrogens is 6. The van der Waals surface area contributed by atoms with E-state index in [4.69, 9.17) is 19.9 Å². The van der Waals surface area contributed by atoms with Gasteiger partial charge in [-0.1, -0.05) is 119 Å². The van der Waals surface area contributed by atoms with Crippen LogP contribution in [0.15, 0.2) is 203 Å². The third-order valence-electron chi connectivity index (χ3n) is 9.65. The molecule has 4 heterocycles. The summed E-state index contributed by atoms with van der Waals surface area (Å²) in [6.07, 6.45) is 7.78. The van der Waals surface area contributed by atoms with Crippen molar-refractivity contribution >= 4 is 53.6 Å². The number of fused-ring (bicyclic) bond motifs is 6. The molecule has 0 unspecified atom stereocenters. The summed E-state index contributed by atoms with van der Waals surface area (Å²) in [7, 11) is -2.32. The highest BCUT2D eigenvalue weighted by molar-refractivity contribution is 8.33. The third-order valence-corrected chi connectivity index (χ3v) is 13.1. The molecule has 0 saturated carbocycles. The lowest BCUT2D eigenvalue weighted by molar-refractivity contribution is 0.875. The van der Waals surface area contributed by atoms with Crippen molar-refractivity contribution in [3.05, 3.63) is 183 Å². The second kappa shape index (κ2) is 11.8. The van der Waals surface area contributed by atoms with E-state index in [9.17, 15) is 0 Å². The van der Waals surface area contributed by atoms with Crippen molar-refractivity contribution in [2.24, 2.45) is 0 Å². The fourth-order valence-corrected chi connectivity index (χ4v) is 10.7. The molecule has 0 amide bonds. The van der Waals surface area contributed by atoms with E-state index in [1.807, 2.05) is 36.9 Å². The Bertz CT molecular complexity index is 2540. The summed E-state index contributed by atoms with van der Waals surface area (Å²) >= 11 is 0. The lowest BCUT2D eigenvalue weighted by Gasteiger charge is -2.37. The van der Waals surface area contributed by atoms with Gasteiger partial charge in [0.2, 0.25) is 0 Å². The SMILES string of the molecule is c1ccc(S(c2ccccc2)(c2ncc(-n3c4ccccc4c4ccccc43)cn2)c2ncc(-n3c4ccccc4c4ccccc43)cn2)cc1. The summed E-state index contributed by atoms with van der Waals surface area (Å²) in [5, 5.41) is 6.14. The molecular formula is C44H30N6S. The molecule has 0 atom stereocenters. The Morgan fingerprint density at radius 3 is 0.902 bits per heavy atom. The van der Waals surface area contributed by atoms with E-state index in [0.717, 1.165) is 43.2 Å². The predicted molar refractivity (Wildman–Crippen MR) is 206 cm³/mol. The molecule has 10 aromatic rings. The third kappa shape index (κ3) is 4.45. The quantitative estimate of drug-likeness (QED) is 0.165. The van der Waals surface area contributed by atoms with Crippen molar-refractivity contribution in [2.45, 2.75) is 20.1 Å². The molecule has 0 bridgehead atoms. The molecule has 7 heteroatoms. The fraction of sp³-hybridized carbons (Fsp3) is 0. The monoisotopic (exact) mass is 674 g/mol. The highest BCUT2D eigenvalue weighted by Crippen LogP contribution is 2.71. The van der Waals surface area contributed by atoms with E-state index in [1.54, 1.807) is 0 Å². The number of rotatable bonds is 6. The Kier molecular flexibility index (Phi) is 6.79. The van der Waals surface area contributed by atoms with Gasteiger partial charge in [-0.2, -0.15) is 0 Å². The van der Waals surface area contributed by atoms with Crippen LogP contribution in [0, 0.1) is 0 Å². The van der Waals surface area contributed by atoms with Crippen LogP contribution < -0.4 is 0 Å². The van der Waals surface area contributed by atoms with Crippen molar-refractivity contribution < 1.29 is 0 Å². The van der Waals surface area contributed by atoms with Gasteiger partial charge in [0.1, 0.15) is 0 Å². The molecule has 0 aliphatic rings. The van der Waals surface area contributed by atoms with Gasteiger partial charge in [-0.05, 0) is 48.5 Å². The second-order valence-corrected chi connectivity index (χ2v) is 15.3. The van der Waals surface area contributed by atoms with Gasteiger partial charge in [0.05, 0.1) is 58.2 Å². The maximum atomic E-state index is 5.22. The minimum atomic E-state index is -2.32. The number of hydrogen-bond acceptors (Lipinski definition) is 4. The standard InChI is InChI=1S/C44H30N6S/c1-3-15-33(16-4-1)51(34-17-5-2-6-18-34,43-45-27-31(28-46-43)49-39-23-11-7-19-35(39)36-20-8-12-24-40(36)49)44-47-29-32(30-48-44)50-41-25-13-9-21-37(41)38-22-10-14-26-42(38)50/h1-30H. The minimum Gasteiger partial charge on any atom is -0.306 e. The summed E-state index contributed by atoms with van der Waals surface area (Å²) < 4.78 is 4.49. The maximum Gasteiger partial charge on any atom is 0.185 e. The summed E-state index contributed by atoms with van der Waals surface area (Å²) in [6.45, 7) is 0. The predicted octanol–water partition coefficient (Wildman–Crippen LogP) is 10.8. The molecule has 10 rings (SSSR count). The molecule has 0 aliphatic carbocycles. The summed E-state index contributed by atoms with van der Waals surface area (Å²) in [6, 6.07) is 54.9. The highest BCUT2D eigenvalue weighted by Gasteiger charge is 2.39. The number of hydrogen-bond donors (Lipinski definition) is 0. The van der Waals surface area contributed by atoms with Gasteiger partial charge in [0, 0.05) is 31.3 Å². The van der Waals surface area contributed by atoms with Crippen LogP contribution in [-0.4, -0.2) is 29.1 Å². The van der Waals surface area contributed by atoms with Crippen LogP contribution >= 0.6 is 10.0 Å². The topological polar surface area (TPSA) is 61.4 Å². The van der Waals surface area contributed by atoms with Crippen LogP contribution in [0.2, 0.25) is 0 Å². The first-order valence-corrected chi connectivity index (χ1v) is 18.5. The molecule has 4 aromatic heterocycles. The zero-order valence-corrected chi connectivity index (χ0v) is 28.2. The van der Waals surface area contributed by atoms with Crippen LogP contribution in [0.5, 0.6) is 0 Å². The van der Waals surface area contributed by atoms with Gasteiger partial charge in [-0.15, -0.1) is 0 Å². The first-order chi connectivity index (χ1) is 25.3. The first kappa shape index (κ1) is 29.4. The van der Waals surface area contributed by atoms with Crippen molar-refractivity contribution in [3.8, 4) is 11.4 Å². The van der Waals surface area contributed by atoms with Crippen LogP contribution in [-0.2, 0) is 0 Å². The van der Waals surface area contributed by atoms with Crippen LogP contribution in [0.25, 0.3) is 55.0 Å². The van der Waals surface area contributed by atoms with E-state index in [0.29, 0.717) is 10.3 Å². The van der Waals surface area contributed by atoms with Gasteiger partial charge in [-0.3, -0.25) is 0 Å². The average molecular weight is 675 g/mol. The molecular weight excluding hydrogens is 645 g/mol. The number of para-hydroxylation sites is 4. The molecule has 0 N–H and O–H groups in total. The Morgan fingerprint density at radius 1 is 0.314 bits per heavy atom. The lowest BCUT2D eigenvalue weighted by Crippen LogP contribution is -2.12. The van der Waals surface area contributed by atoms with Gasteiger partial charge in [-0.25, -0.2) is 19.9 Å². The molecule has 51 heavy (non-hydrogen) atoms. The average Bonchev–Trinajstić information content (AvgIpc) is 3.73. The van der Waals surface area contributed by atoms with Crippen LogP contribution in [0.4, 0.5) is 0 Å². The van der Waals surface area contributed by atoms with E-state index < -0.39 is 10.0 Å². The zero-order valence-electron chi connectivity index (χ0n) is 27.4. The van der Waals surface area contributed by atoms with E-state index in [-0.39, 0.29) is 0 Å². The van der Waals surface area contributed by atoms with Gasteiger partial charge in [0.15, 0.2) is 10.3 Å². The number of benzene rings is 6. The summed E-state index contributed by atoms with van der Waals surface area (Å²) in [5.41, 5.74) is 6.25. The lowest BCUT2D eigenvalue weighted by atomic mass is 10.2. The van der Waals surface area contributed by atoms with E-state index >= 15 is 0 Å². The zero-order chi connectivity index (χ0) is 33.8. The minimum absolute atomic E-state index is 0.675. The Labute approximate surface area is 295 Å². The number of nitrogens with zero attached hydrogens (tertiary/aromatic N) is 6. The van der Waals surface area contributed by atoms with Crippen molar-refractivity contribution in [2.75, 3.05) is 0 Å². The molecule has 0 radical (unpaired) electrons. The molecule has 0 fully saturated rings. The molecule has 6 nitrogen and oxygen atoms in total. The summed E-state index contributed by atoms with van der Waals surface area (Å²) in [4.78, 5) is 23.0. The Morgan fingerprint density at radius 2 is 0.588 bits per heavy atom. The Hall–Kier alpha value is -6.57. The van der Waals surface area contributed by atoms with Gasteiger partial charge in [0.25, 0.3) is 0 Å². The molecule has 242 valence electrons. The van der Waals surface area contributed by atoms with Crippen LogP contribution in [0.3, 0.4) is 0 Å². The molecule has 0 aliphatic heterocycles. The van der Waals surface area contributed by atoms with E-state index in [2.05, 4.69) is 155 Å². The normalized spacial score (nSPS) is 12.2. The van der Waals surface area contributed by atoms with Crippen molar-refractivity contribution in [3.63, 3.8) is 0 Å². The Balaban J connectivity index is 1.19. The van der Waals surface area contributed by atoms with Gasteiger partial charge < -0.3 is 9.13 Å². The largest absolute Gasteiger partial charge is 0.306 e. The first-order valence-electron chi connectivity index (χ1n) is 16.9. The van der Waals surface area contributed by atoms with Crippen molar-refractivity contribution in [1.29, 1.82) is 0 Å². The smallest absolute Gasteiger partial charge is 0.185 e. The maximum absolute atomic E-state index is 5.22. The summed E-state index contributed by atoms with van der Waals surface area (Å²) in [5.74, 6) is 0. The van der Waals surface area contributed by atoms with Gasteiger partial charge >= 0.3 is 0 Å². The molecule has 0 saturated heterocycles. The van der Waals surface area contributed by atoms with Crippen molar-refractivity contribution in [1.82, 2.24) is 29.1 Å². The molecule has 6 aromatic carbocycles. The fourth-order valence-electron chi connectivity index (χ4n) is 7.46.